The average Bonchev–Trinajstić information content (AvgIpc) is 2.89. The summed E-state index contributed by atoms with van der Waals surface area (Å²) in [5, 5.41) is 0. The third kappa shape index (κ3) is 13.3. The highest BCUT2D eigenvalue weighted by molar-refractivity contribution is 5.72. The molecule has 0 spiro atoms. The van der Waals surface area contributed by atoms with Crippen LogP contribution in [0.4, 0.5) is 0 Å². The van der Waals surface area contributed by atoms with Crippen LogP contribution in [0.25, 0.3) is 0 Å². The molecule has 1 aliphatic rings. The molecule has 0 N–H and O–H groups in total. The van der Waals surface area contributed by atoms with E-state index in [2.05, 4.69) is 31.7 Å². The number of hydrogen-bond acceptors (Lipinski definition) is 10. The highest BCUT2D eigenvalue weighted by atomic mass is 16.5. The van der Waals surface area contributed by atoms with Crippen LogP contribution in [-0.2, 0) is 35.1 Å². The van der Waals surface area contributed by atoms with Crippen molar-refractivity contribution in [3.63, 3.8) is 0 Å². The lowest BCUT2D eigenvalue weighted by molar-refractivity contribution is -0.146. The van der Waals surface area contributed by atoms with Gasteiger partial charge < -0.3 is 14.2 Å². The summed E-state index contributed by atoms with van der Waals surface area (Å²) < 4.78 is 15.6. The predicted octanol–water partition coefficient (Wildman–Crippen LogP) is 1.49. The molecule has 0 aromatic heterocycles. The van der Waals surface area contributed by atoms with Crippen LogP contribution in [0.5, 0.6) is 0 Å². The fraction of sp³-hybridized carbons (Fsp3) is 0.679. The molecule has 214 valence electrons. The van der Waals surface area contributed by atoms with E-state index < -0.39 is 0 Å². The molecule has 1 aliphatic heterocycles. The Morgan fingerprint density at radius 1 is 0.579 bits per heavy atom. The second kappa shape index (κ2) is 18.7. The lowest BCUT2D eigenvalue weighted by Crippen LogP contribution is -2.44. The Morgan fingerprint density at radius 2 is 0.947 bits per heavy atom. The van der Waals surface area contributed by atoms with Crippen molar-refractivity contribution in [2.45, 2.75) is 33.7 Å². The van der Waals surface area contributed by atoms with Crippen LogP contribution in [-0.4, -0.2) is 129 Å². The zero-order valence-corrected chi connectivity index (χ0v) is 23.4. The van der Waals surface area contributed by atoms with Crippen molar-refractivity contribution < 1.29 is 28.6 Å². The fourth-order valence-electron chi connectivity index (χ4n) is 4.46. The van der Waals surface area contributed by atoms with Crippen molar-refractivity contribution in [2.75, 3.05) is 91.8 Å². The quantitative estimate of drug-likeness (QED) is 0.307. The summed E-state index contributed by atoms with van der Waals surface area (Å²) in [7, 11) is 0. The Balaban J connectivity index is 2.19. The SMILES string of the molecule is CCOC(=O)CN1CCCN(CC(=O)OCC)CCN(Cc2ccccc2)CCN(CC(=O)OCC)CC1. The third-order valence-electron chi connectivity index (χ3n) is 6.37. The fourth-order valence-corrected chi connectivity index (χ4v) is 4.46. The first-order chi connectivity index (χ1) is 18.4. The summed E-state index contributed by atoms with van der Waals surface area (Å²) in [6.45, 7) is 13.4. The van der Waals surface area contributed by atoms with Crippen LogP contribution in [0.15, 0.2) is 30.3 Å². The molecule has 10 heteroatoms. The first kappa shape index (κ1) is 31.7. The van der Waals surface area contributed by atoms with Gasteiger partial charge in [-0.3, -0.25) is 34.0 Å². The first-order valence-electron chi connectivity index (χ1n) is 13.8. The van der Waals surface area contributed by atoms with Gasteiger partial charge in [0.1, 0.15) is 0 Å². The van der Waals surface area contributed by atoms with Gasteiger partial charge in [0, 0.05) is 58.9 Å². The molecule has 1 aromatic rings. The number of carbonyl (C=O) groups is 3. The number of ether oxygens (including phenoxy) is 3. The van der Waals surface area contributed by atoms with E-state index in [0.717, 1.165) is 26.1 Å². The summed E-state index contributed by atoms with van der Waals surface area (Å²) >= 11 is 0. The number of benzene rings is 1. The molecule has 0 bridgehead atoms. The number of rotatable bonds is 11. The summed E-state index contributed by atoms with van der Waals surface area (Å²) in [5.74, 6) is -0.731. The van der Waals surface area contributed by atoms with E-state index in [-0.39, 0.29) is 37.5 Å². The molecule has 38 heavy (non-hydrogen) atoms. The third-order valence-corrected chi connectivity index (χ3v) is 6.37. The second-order valence-corrected chi connectivity index (χ2v) is 9.36. The summed E-state index contributed by atoms with van der Waals surface area (Å²) in [4.78, 5) is 45.6. The molecular formula is C28H46N4O6. The Labute approximate surface area is 227 Å². The van der Waals surface area contributed by atoms with Gasteiger partial charge in [-0.2, -0.15) is 0 Å². The average molecular weight is 535 g/mol. The zero-order chi connectivity index (χ0) is 27.6. The van der Waals surface area contributed by atoms with Gasteiger partial charge >= 0.3 is 17.9 Å². The number of hydrogen-bond donors (Lipinski definition) is 0. The smallest absolute Gasteiger partial charge is 0.320 e. The van der Waals surface area contributed by atoms with Crippen molar-refractivity contribution in [2.24, 2.45) is 0 Å². The second-order valence-electron chi connectivity index (χ2n) is 9.36. The van der Waals surface area contributed by atoms with Crippen LogP contribution in [0.1, 0.15) is 32.8 Å². The topological polar surface area (TPSA) is 91.9 Å². The molecule has 1 fully saturated rings. The molecule has 1 saturated heterocycles. The highest BCUT2D eigenvalue weighted by Gasteiger charge is 2.20. The van der Waals surface area contributed by atoms with Gasteiger partial charge in [-0.25, -0.2) is 0 Å². The standard InChI is InChI=1S/C28H46N4O6/c1-4-36-26(33)22-29-13-10-14-30(23-27(34)37-5-2)16-19-32(24-28(35)38-6-3)20-18-31(17-15-29)21-25-11-8-7-9-12-25/h7-9,11-12H,4-6,10,13-24H2,1-3H3. The van der Waals surface area contributed by atoms with Crippen LogP contribution >= 0.6 is 0 Å². The summed E-state index contributed by atoms with van der Waals surface area (Å²) in [6.07, 6.45) is 0.787. The lowest BCUT2D eigenvalue weighted by atomic mass is 10.2. The largest absolute Gasteiger partial charge is 0.465 e. The van der Waals surface area contributed by atoms with Crippen molar-refractivity contribution >= 4 is 17.9 Å². The molecular weight excluding hydrogens is 488 g/mol. The van der Waals surface area contributed by atoms with Crippen molar-refractivity contribution in [3.05, 3.63) is 35.9 Å². The molecule has 0 radical (unpaired) electrons. The maximum atomic E-state index is 12.3. The Kier molecular flexibility index (Phi) is 15.6. The number of carbonyl (C=O) groups excluding carboxylic acids is 3. The maximum absolute atomic E-state index is 12.3. The Bertz CT molecular complexity index is 825. The van der Waals surface area contributed by atoms with E-state index in [1.54, 1.807) is 6.92 Å². The van der Waals surface area contributed by atoms with Gasteiger partial charge in [0.15, 0.2) is 0 Å². The van der Waals surface area contributed by atoms with Gasteiger partial charge in [0.05, 0.1) is 39.5 Å². The minimum absolute atomic E-state index is 0.194. The minimum atomic E-state index is -0.258. The van der Waals surface area contributed by atoms with Gasteiger partial charge in [-0.05, 0) is 32.8 Å². The number of nitrogens with zero attached hydrogens (tertiary/aromatic N) is 4. The number of esters is 3. The molecule has 0 atom stereocenters. The predicted molar refractivity (Wildman–Crippen MR) is 146 cm³/mol. The van der Waals surface area contributed by atoms with Gasteiger partial charge in [0.25, 0.3) is 0 Å². The zero-order valence-electron chi connectivity index (χ0n) is 23.4. The highest BCUT2D eigenvalue weighted by Crippen LogP contribution is 2.08. The van der Waals surface area contributed by atoms with Gasteiger partial charge in [-0.15, -0.1) is 0 Å². The molecule has 2 rings (SSSR count). The maximum Gasteiger partial charge on any atom is 0.320 e. The van der Waals surface area contributed by atoms with Crippen LogP contribution in [0.3, 0.4) is 0 Å². The lowest BCUT2D eigenvalue weighted by Gasteiger charge is -2.29. The molecule has 10 nitrogen and oxygen atoms in total. The Morgan fingerprint density at radius 3 is 1.34 bits per heavy atom. The van der Waals surface area contributed by atoms with E-state index in [9.17, 15) is 14.4 Å². The van der Waals surface area contributed by atoms with E-state index in [4.69, 9.17) is 14.2 Å². The first-order valence-corrected chi connectivity index (χ1v) is 13.8. The molecule has 0 amide bonds. The van der Waals surface area contributed by atoms with Crippen LogP contribution in [0.2, 0.25) is 0 Å². The van der Waals surface area contributed by atoms with E-state index in [1.165, 1.54) is 5.56 Å². The normalized spacial score (nSPS) is 17.6. The van der Waals surface area contributed by atoms with Crippen LogP contribution < -0.4 is 0 Å². The minimum Gasteiger partial charge on any atom is -0.465 e. The van der Waals surface area contributed by atoms with E-state index in [0.29, 0.717) is 59.1 Å². The van der Waals surface area contributed by atoms with Gasteiger partial charge in [-0.1, -0.05) is 30.3 Å². The molecule has 1 aromatic carbocycles. The monoisotopic (exact) mass is 534 g/mol. The van der Waals surface area contributed by atoms with Crippen molar-refractivity contribution in [1.29, 1.82) is 0 Å². The molecule has 1 heterocycles. The Hall–Kier alpha value is -2.53. The molecule has 0 unspecified atom stereocenters. The summed E-state index contributed by atoms with van der Waals surface area (Å²) in [5.41, 5.74) is 1.21. The molecule has 0 aliphatic carbocycles. The van der Waals surface area contributed by atoms with E-state index in [1.807, 2.05) is 32.0 Å². The van der Waals surface area contributed by atoms with Gasteiger partial charge in [0.2, 0.25) is 0 Å². The summed E-state index contributed by atoms with van der Waals surface area (Å²) in [6, 6.07) is 10.3. The van der Waals surface area contributed by atoms with E-state index >= 15 is 0 Å². The van der Waals surface area contributed by atoms with Crippen molar-refractivity contribution in [1.82, 2.24) is 19.6 Å². The van der Waals surface area contributed by atoms with Crippen molar-refractivity contribution in [3.8, 4) is 0 Å². The van der Waals surface area contributed by atoms with Crippen LogP contribution in [0, 0.1) is 0 Å². The molecule has 0 saturated carbocycles.